The first kappa shape index (κ1) is 9.89. The van der Waals surface area contributed by atoms with E-state index in [1.165, 1.54) is 6.07 Å². The van der Waals surface area contributed by atoms with Gasteiger partial charge in [-0.05, 0) is 29.7 Å². The SMILES string of the molecule is O=S(=O)(F)c1cc2cc(Cl)ccc2s1. The lowest BCUT2D eigenvalue weighted by atomic mass is 10.3. The van der Waals surface area contributed by atoms with Crippen molar-refractivity contribution in [3.63, 3.8) is 0 Å². The van der Waals surface area contributed by atoms with E-state index in [0.717, 1.165) is 11.3 Å². The largest absolute Gasteiger partial charge is 0.341 e. The van der Waals surface area contributed by atoms with Crippen LogP contribution in [0.4, 0.5) is 3.89 Å². The van der Waals surface area contributed by atoms with E-state index in [9.17, 15) is 12.3 Å². The molecule has 1 aromatic carbocycles. The predicted molar refractivity (Wildman–Crippen MR) is 55.1 cm³/mol. The number of fused-ring (bicyclic) bond motifs is 1. The van der Waals surface area contributed by atoms with E-state index in [0.29, 0.717) is 15.1 Å². The minimum absolute atomic E-state index is 0.283. The normalized spacial score (nSPS) is 12.1. The van der Waals surface area contributed by atoms with Crippen LogP contribution in [-0.2, 0) is 10.2 Å². The summed E-state index contributed by atoms with van der Waals surface area (Å²) in [7, 11) is -4.60. The molecule has 0 N–H and O–H groups in total. The van der Waals surface area contributed by atoms with Gasteiger partial charge in [-0.2, -0.15) is 8.42 Å². The molecule has 2 aromatic rings. The second-order valence-electron chi connectivity index (χ2n) is 2.69. The summed E-state index contributed by atoms with van der Waals surface area (Å²) < 4.78 is 34.2. The predicted octanol–water partition coefficient (Wildman–Crippen LogP) is 3.21. The third-order valence-corrected chi connectivity index (χ3v) is 4.29. The summed E-state index contributed by atoms with van der Waals surface area (Å²) >= 11 is 6.59. The van der Waals surface area contributed by atoms with Gasteiger partial charge in [-0.3, -0.25) is 0 Å². The van der Waals surface area contributed by atoms with Crippen molar-refractivity contribution in [2.45, 2.75) is 4.21 Å². The highest BCUT2D eigenvalue weighted by Crippen LogP contribution is 2.31. The van der Waals surface area contributed by atoms with Crippen molar-refractivity contribution in [3.05, 3.63) is 29.3 Å². The average molecular weight is 251 g/mol. The molecule has 0 aliphatic rings. The maximum Gasteiger partial charge on any atom is 0.341 e. The van der Waals surface area contributed by atoms with Gasteiger partial charge in [0, 0.05) is 9.72 Å². The van der Waals surface area contributed by atoms with E-state index in [2.05, 4.69) is 0 Å². The molecule has 0 aliphatic carbocycles. The zero-order valence-corrected chi connectivity index (χ0v) is 9.09. The van der Waals surface area contributed by atoms with Gasteiger partial charge >= 0.3 is 10.2 Å². The van der Waals surface area contributed by atoms with E-state index >= 15 is 0 Å². The highest BCUT2D eigenvalue weighted by molar-refractivity contribution is 7.88. The molecule has 0 bridgehead atoms. The van der Waals surface area contributed by atoms with Crippen molar-refractivity contribution in [2.24, 2.45) is 0 Å². The third-order valence-electron chi connectivity index (χ3n) is 1.70. The number of hydrogen-bond donors (Lipinski definition) is 0. The molecule has 14 heavy (non-hydrogen) atoms. The molecule has 0 atom stereocenters. The van der Waals surface area contributed by atoms with Crippen LogP contribution < -0.4 is 0 Å². The zero-order valence-electron chi connectivity index (χ0n) is 6.70. The molecule has 0 unspecified atom stereocenters. The van der Waals surface area contributed by atoms with E-state index < -0.39 is 10.2 Å². The highest BCUT2D eigenvalue weighted by Gasteiger charge is 2.15. The van der Waals surface area contributed by atoms with E-state index in [1.807, 2.05) is 0 Å². The molecule has 0 aliphatic heterocycles. The van der Waals surface area contributed by atoms with Crippen molar-refractivity contribution in [2.75, 3.05) is 0 Å². The van der Waals surface area contributed by atoms with Crippen LogP contribution in [-0.4, -0.2) is 8.42 Å². The highest BCUT2D eigenvalue weighted by atomic mass is 35.5. The molecule has 2 nitrogen and oxygen atoms in total. The monoisotopic (exact) mass is 250 g/mol. The Morgan fingerprint density at radius 3 is 2.64 bits per heavy atom. The minimum Gasteiger partial charge on any atom is -0.188 e. The number of hydrogen-bond acceptors (Lipinski definition) is 3. The molecule has 0 spiro atoms. The van der Waals surface area contributed by atoms with Crippen molar-refractivity contribution >= 4 is 43.2 Å². The summed E-state index contributed by atoms with van der Waals surface area (Å²) in [5.74, 6) is 0. The van der Waals surface area contributed by atoms with Crippen molar-refractivity contribution in [1.29, 1.82) is 0 Å². The van der Waals surface area contributed by atoms with Crippen LogP contribution in [0.3, 0.4) is 0 Å². The maximum absolute atomic E-state index is 12.6. The van der Waals surface area contributed by atoms with Crippen LogP contribution in [0.2, 0.25) is 5.02 Å². The maximum atomic E-state index is 12.6. The van der Waals surface area contributed by atoms with E-state index in [1.54, 1.807) is 18.2 Å². The smallest absolute Gasteiger partial charge is 0.188 e. The van der Waals surface area contributed by atoms with Crippen molar-refractivity contribution in [3.8, 4) is 0 Å². The summed E-state index contributed by atoms with van der Waals surface area (Å²) in [6, 6.07) is 6.18. The Morgan fingerprint density at radius 2 is 2.00 bits per heavy atom. The lowest BCUT2D eigenvalue weighted by molar-refractivity contribution is 0.554. The summed E-state index contributed by atoms with van der Waals surface area (Å²) in [5, 5.41) is 1.14. The Kier molecular flexibility index (Phi) is 2.25. The fourth-order valence-electron chi connectivity index (χ4n) is 1.11. The molecular weight excluding hydrogens is 247 g/mol. The zero-order chi connectivity index (χ0) is 10.3. The van der Waals surface area contributed by atoms with Gasteiger partial charge in [0.25, 0.3) is 0 Å². The second-order valence-corrected chi connectivity index (χ2v) is 5.78. The number of benzene rings is 1. The summed E-state index contributed by atoms with van der Waals surface area (Å²) in [6.07, 6.45) is 0. The molecule has 74 valence electrons. The number of halogens is 2. The molecule has 0 saturated heterocycles. The number of thiophene rings is 1. The van der Waals surface area contributed by atoms with Crippen LogP contribution in [0.15, 0.2) is 28.5 Å². The van der Waals surface area contributed by atoms with Gasteiger partial charge in [-0.15, -0.1) is 11.3 Å². The third kappa shape index (κ3) is 1.75. The summed E-state index contributed by atoms with van der Waals surface area (Å²) in [6.45, 7) is 0. The molecule has 6 heteroatoms. The molecule has 2 rings (SSSR count). The van der Waals surface area contributed by atoms with Gasteiger partial charge in [0.1, 0.15) is 0 Å². The van der Waals surface area contributed by atoms with Gasteiger partial charge in [0.05, 0.1) is 0 Å². The fraction of sp³-hybridized carbons (Fsp3) is 0. The van der Waals surface area contributed by atoms with Crippen molar-refractivity contribution in [1.82, 2.24) is 0 Å². The number of rotatable bonds is 1. The topological polar surface area (TPSA) is 34.1 Å². The Morgan fingerprint density at radius 1 is 1.29 bits per heavy atom. The summed E-state index contributed by atoms with van der Waals surface area (Å²) in [4.78, 5) is 0. The summed E-state index contributed by atoms with van der Waals surface area (Å²) in [5.41, 5.74) is 0. The molecule has 1 heterocycles. The minimum atomic E-state index is -4.60. The fourth-order valence-corrected chi connectivity index (χ4v) is 3.00. The van der Waals surface area contributed by atoms with Crippen molar-refractivity contribution < 1.29 is 12.3 Å². The average Bonchev–Trinajstić information content (AvgIpc) is 2.45. The molecule has 0 saturated carbocycles. The van der Waals surface area contributed by atoms with Gasteiger partial charge in [-0.25, -0.2) is 0 Å². The molecule has 0 fully saturated rings. The molecule has 0 radical (unpaired) electrons. The quantitative estimate of drug-likeness (QED) is 0.729. The van der Waals surface area contributed by atoms with E-state index in [-0.39, 0.29) is 4.21 Å². The van der Waals surface area contributed by atoms with Crippen LogP contribution in [0, 0.1) is 0 Å². The first-order valence-electron chi connectivity index (χ1n) is 3.60. The van der Waals surface area contributed by atoms with Gasteiger partial charge in [0.15, 0.2) is 4.21 Å². The lowest BCUT2D eigenvalue weighted by Gasteiger charge is -1.87. The van der Waals surface area contributed by atoms with Crippen LogP contribution >= 0.6 is 22.9 Å². The molecule has 0 amide bonds. The van der Waals surface area contributed by atoms with Crippen LogP contribution in [0.5, 0.6) is 0 Å². The Balaban J connectivity index is 2.75. The van der Waals surface area contributed by atoms with Gasteiger partial charge < -0.3 is 0 Å². The molecular formula is C8H4ClFO2S2. The van der Waals surface area contributed by atoms with Crippen LogP contribution in [0.25, 0.3) is 10.1 Å². The Hall–Kier alpha value is -0.650. The standard InChI is InChI=1S/C8H4ClFO2S2/c9-6-1-2-7-5(3-6)4-8(13-7)14(10,11)12/h1-4H. The molecule has 1 aromatic heterocycles. The van der Waals surface area contributed by atoms with Gasteiger partial charge in [0.2, 0.25) is 0 Å². The van der Waals surface area contributed by atoms with E-state index in [4.69, 9.17) is 11.6 Å². The Labute approximate surface area is 89.1 Å². The first-order valence-corrected chi connectivity index (χ1v) is 6.18. The van der Waals surface area contributed by atoms with Gasteiger partial charge in [-0.1, -0.05) is 15.5 Å². The Bertz CT molecular complexity index is 588. The first-order chi connectivity index (χ1) is 6.47. The second kappa shape index (κ2) is 3.18. The van der Waals surface area contributed by atoms with Crippen LogP contribution in [0.1, 0.15) is 0 Å². The lowest BCUT2D eigenvalue weighted by Crippen LogP contribution is -1.85.